The first-order valence-electron chi connectivity index (χ1n) is 6.31. The first-order valence-corrected chi connectivity index (χ1v) is 7.19. The Bertz CT molecular complexity index is 361. The summed E-state index contributed by atoms with van der Waals surface area (Å²) in [5, 5.41) is 2.14. The Kier molecular flexibility index (Phi) is 2.99. The van der Waals surface area contributed by atoms with E-state index in [0.717, 1.165) is 45.4 Å². The Labute approximate surface area is 106 Å². The van der Waals surface area contributed by atoms with E-state index in [2.05, 4.69) is 17.5 Å². The van der Waals surface area contributed by atoms with Crippen LogP contribution < -0.4 is 5.73 Å². The van der Waals surface area contributed by atoms with E-state index < -0.39 is 0 Å². The van der Waals surface area contributed by atoms with E-state index in [4.69, 9.17) is 15.2 Å². The molecule has 4 heteroatoms. The lowest BCUT2D eigenvalue weighted by atomic mass is 9.71. The second-order valence-corrected chi connectivity index (χ2v) is 6.02. The highest BCUT2D eigenvalue weighted by Gasteiger charge is 2.46. The minimum absolute atomic E-state index is 0.161. The van der Waals surface area contributed by atoms with Gasteiger partial charge in [-0.05, 0) is 24.3 Å². The topological polar surface area (TPSA) is 44.5 Å². The largest absolute Gasteiger partial charge is 0.348 e. The molecule has 1 saturated heterocycles. The number of nitrogens with two attached hydrogens (primary N) is 1. The van der Waals surface area contributed by atoms with Crippen LogP contribution in [0, 0.1) is 0 Å². The van der Waals surface area contributed by atoms with Gasteiger partial charge in [0.15, 0.2) is 5.79 Å². The number of thiophene rings is 1. The molecule has 0 radical (unpaired) electrons. The Morgan fingerprint density at radius 2 is 1.88 bits per heavy atom. The van der Waals surface area contributed by atoms with Crippen LogP contribution in [0.5, 0.6) is 0 Å². The molecule has 1 aromatic heterocycles. The molecule has 3 rings (SSSR count). The van der Waals surface area contributed by atoms with Crippen molar-refractivity contribution in [1.29, 1.82) is 0 Å². The van der Waals surface area contributed by atoms with Gasteiger partial charge in [-0.3, -0.25) is 0 Å². The van der Waals surface area contributed by atoms with E-state index in [1.54, 1.807) is 0 Å². The monoisotopic (exact) mass is 253 g/mol. The second-order valence-electron chi connectivity index (χ2n) is 5.07. The standard InChI is InChI=1S/C13H19NO2S/c14-10-12(11-2-1-9-17-11)3-5-13(6-4-12)15-7-8-16-13/h1-2,9H,3-8,10,14H2. The maximum atomic E-state index is 6.04. The van der Waals surface area contributed by atoms with Crippen LogP contribution in [0.15, 0.2) is 17.5 Å². The molecule has 1 saturated carbocycles. The van der Waals surface area contributed by atoms with Crippen molar-refractivity contribution in [2.75, 3.05) is 19.8 Å². The zero-order valence-corrected chi connectivity index (χ0v) is 10.8. The summed E-state index contributed by atoms with van der Waals surface area (Å²) in [5.41, 5.74) is 6.20. The van der Waals surface area contributed by atoms with Gasteiger partial charge >= 0.3 is 0 Å². The molecule has 1 aliphatic heterocycles. The molecule has 94 valence electrons. The summed E-state index contributed by atoms with van der Waals surface area (Å²) in [5.74, 6) is -0.282. The van der Waals surface area contributed by atoms with Crippen LogP contribution in [0.3, 0.4) is 0 Å². The summed E-state index contributed by atoms with van der Waals surface area (Å²) < 4.78 is 11.6. The van der Waals surface area contributed by atoms with E-state index >= 15 is 0 Å². The fraction of sp³-hybridized carbons (Fsp3) is 0.692. The Balaban J connectivity index is 1.77. The van der Waals surface area contributed by atoms with E-state index in [0.29, 0.717) is 0 Å². The van der Waals surface area contributed by atoms with Gasteiger partial charge < -0.3 is 15.2 Å². The quantitative estimate of drug-likeness (QED) is 0.879. The summed E-state index contributed by atoms with van der Waals surface area (Å²) in [6, 6.07) is 4.33. The molecule has 0 bridgehead atoms. The van der Waals surface area contributed by atoms with Crippen LogP contribution in [0.1, 0.15) is 30.6 Å². The third kappa shape index (κ3) is 1.93. The van der Waals surface area contributed by atoms with Crippen LogP contribution in [-0.4, -0.2) is 25.5 Å². The summed E-state index contributed by atoms with van der Waals surface area (Å²) in [7, 11) is 0. The van der Waals surface area contributed by atoms with Crippen LogP contribution in [0.4, 0.5) is 0 Å². The fourth-order valence-electron chi connectivity index (χ4n) is 3.03. The van der Waals surface area contributed by atoms with Gasteiger partial charge in [-0.15, -0.1) is 11.3 Å². The molecule has 0 atom stereocenters. The van der Waals surface area contributed by atoms with E-state index in [-0.39, 0.29) is 11.2 Å². The van der Waals surface area contributed by atoms with Gasteiger partial charge in [-0.25, -0.2) is 0 Å². The first-order chi connectivity index (χ1) is 8.29. The molecule has 2 heterocycles. The number of hydrogen-bond donors (Lipinski definition) is 1. The van der Waals surface area contributed by atoms with Gasteiger partial charge in [0.05, 0.1) is 13.2 Å². The zero-order valence-electron chi connectivity index (χ0n) is 9.98. The molecule has 1 aliphatic carbocycles. The van der Waals surface area contributed by atoms with E-state index in [1.165, 1.54) is 4.88 Å². The summed E-state index contributed by atoms with van der Waals surface area (Å²) in [6.07, 6.45) is 4.10. The first kappa shape index (κ1) is 11.7. The molecular weight excluding hydrogens is 234 g/mol. The maximum Gasteiger partial charge on any atom is 0.168 e. The Morgan fingerprint density at radius 3 is 2.41 bits per heavy atom. The van der Waals surface area contributed by atoms with E-state index in [9.17, 15) is 0 Å². The smallest absolute Gasteiger partial charge is 0.168 e. The normalized spacial score (nSPS) is 26.4. The van der Waals surface area contributed by atoms with Gasteiger partial charge in [0.2, 0.25) is 0 Å². The Hall–Kier alpha value is -0.420. The van der Waals surface area contributed by atoms with Crippen LogP contribution in [0.2, 0.25) is 0 Å². The molecule has 3 nitrogen and oxygen atoms in total. The zero-order chi connectivity index (χ0) is 11.8. The molecule has 1 spiro atoms. The summed E-state index contributed by atoms with van der Waals surface area (Å²) >= 11 is 1.82. The second kappa shape index (κ2) is 4.35. The van der Waals surface area contributed by atoms with Crippen LogP contribution in [-0.2, 0) is 14.9 Å². The number of rotatable bonds is 2. The van der Waals surface area contributed by atoms with Gasteiger partial charge in [0.1, 0.15) is 0 Å². The third-order valence-electron chi connectivity index (χ3n) is 4.22. The van der Waals surface area contributed by atoms with Gasteiger partial charge in [0, 0.05) is 29.7 Å². The maximum absolute atomic E-state index is 6.04. The summed E-state index contributed by atoms with van der Waals surface area (Å²) in [6.45, 7) is 2.22. The van der Waals surface area contributed by atoms with Crippen molar-refractivity contribution in [2.45, 2.75) is 36.9 Å². The lowest BCUT2D eigenvalue weighted by Crippen LogP contribution is -2.45. The number of ether oxygens (including phenoxy) is 2. The molecule has 2 aliphatic rings. The Morgan fingerprint density at radius 1 is 1.18 bits per heavy atom. The van der Waals surface area contributed by atoms with Crippen LogP contribution >= 0.6 is 11.3 Å². The molecule has 2 fully saturated rings. The molecule has 2 N–H and O–H groups in total. The SMILES string of the molecule is NCC1(c2cccs2)CCC2(CC1)OCCO2. The molecule has 17 heavy (non-hydrogen) atoms. The highest BCUT2D eigenvalue weighted by Crippen LogP contribution is 2.46. The van der Waals surface area contributed by atoms with Crippen molar-refractivity contribution in [3.8, 4) is 0 Å². The van der Waals surface area contributed by atoms with Crippen molar-refractivity contribution in [2.24, 2.45) is 5.73 Å². The van der Waals surface area contributed by atoms with Crippen LogP contribution in [0.25, 0.3) is 0 Å². The lowest BCUT2D eigenvalue weighted by molar-refractivity contribution is -0.184. The minimum atomic E-state index is -0.282. The minimum Gasteiger partial charge on any atom is -0.348 e. The highest BCUT2D eigenvalue weighted by atomic mass is 32.1. The van der Waals surface area contributed by atoms with Crippen molar-refractivity contribution < 1.29 is 9.47 Å². The van der Waals surface area contributed by atoms with Crippen molar-refractivity contribution >= 4 is 11.3 Å². The summed E-state index contributed by atoms with van der Waals surface area (Å²) in [4.78, 5) is 1.42. The lowest BCUT2D eigenvalue weighted by Gasteiger charge is -2.42. The predicted molar refractivity (Wildman–Crippen MR) is 68.2 cm³/mol. The number of hydrogen-bond acceptors (Lipinski definition) is 4. The average Bonchev–Trinajstić information content (AvgIpc) is 3.03. The highest BCUT2D eigenvalue weighted by molar-refractivity contribution is 7.10. The van der Waals surface area contributed by atoms with Gasteiger partial charge in [0.25, 0.3) is 0 Å². The molecule has 0 aromatic carbocycles. The fourth-order valence-corrected chi connectivity index (χ4v) is 4.02. The van der Waals surface area contributed by atoms with Crippen molar-refractivity contribution in [3.05, 3.63) is 22.4 Å². The molecule has 0 amide bonds. The molecule has 0 unspecified atom stereocenters. The molecular formula is C13H19NO2S. The van der Waals surface area contributed by atoms with Crippen molar-refractivity contribution in [1.82, 2.24) is 0 Å². The third-order valence-corrected chi connectivity index (χ3v) is 5.33. The average molecular weight is 253 g/mol. The predicted octanol–water partition coefficient (Wildman–Crippen LogP) is 2.26. The van der Waals surface area contributed by atoms with Gasteiger partial charge in [-0.2, -0.15) is 0 Å². The van der Waals surface area contributed by atoms with Crippen molar-refractivity contribution in [3.63, 3.8) is 0 Å². The molecule has 1 aromatic rings. The van der Waals surface area contributed by atoms with E-state index in [1.807, 2.05) is 11.3 Å². The van der Waals surface area contributed by atoms with Gasteiger partial charge in [-0.1, -0.05) is 6.07 Å².